The molecule has 0 radical (unpaired) electrons. The molecule has 6 rings (SSSR count). The summed E-state index contributed by atoms with van der Waals surface area (Å²) in [4.78, 5) is 32.5. The van der Waals surface area contributed by atoms with Gasteiger partial charge in [0.25, 0.3) is 0 Å². The molecule has 2 aromatic heterocycles. The minimum Gasteiger partial charge on any atom is -0.491 e. The number of hydrogen-bond donors (Lipinski definition) is 1. The number of ether oxygens (including phenoxy) is 1. The number of anilines is 1. The number of pyridine rings is 1. The number of aliphatic carboxylic acids is 1. The zero-order valence-corrected chi connectivity index (χ0v) is 32.3. The molecular weight excluding hydrogens is 712 g/mol. The monoisotopic (exact) mass is 757 g/mol. The first-order chi connectivity index (χ1) is 25.5. The number of benzene rings is 3. The van der Waals surface area contributed by atoms with E-state index < -0.39 is 23.1 Å². The highest BCUT2D eigenvalue weighted by molar-refractivity contribution is 8.00. The zero-order chi connectivity index (χ0) is 39.0. The predicted octanol–water partition coefficient (Wildman–Crippen LogP) is 10.5. The molecule has 0 fully saturated rings. The second-order valence-corrected chi connectivity index (χ2v) is 16.9. The number of carbonyl (C=O) groups excluding carboxylic acids is 1. The van der Waals surface area contributed by atoms with E-state index in [0.717, 1.165) is 50.6 Å². The molecule has 3 heterocycles. The molecule has 0 spiro atoms. The van der Waals surface area contributed by atoms with Crippen molar-refractivity contribution in [3.05, 3.63) is 107 Å². The number of carboxylic acids is 1. The summed E-state index contributed by atoms with van der Waals surface area (Å²) in [5.41, 5.74) is 4.16. The van der Waals surface area contributed by atoms with Crippen LogP contribution in [0.1, 0.15) is 76.8 Å². The van der Waals surface area contributed by atoms with Gasteiger partial charge in [0.15, 0.2) is 0 Å². The highest BCUT2D eigenvalue weighted by atomic mass is 32.2. The van der Waals surface area contributed by atoms with Crippen LogP contribution in [0.25, 0.3) is 22.2 Å². The van der Waals surface area contributed by atoms with Gasteiger partial charge in [-0.3, -0.25) is 14.6 Å². The first-order valence-corrected chi connectivity index (χ1v) is 19.1. The number of fused-ring (bicyclic) bond motifs is 2. The minimum absolute atomic E-state index is 0.0352. The quantitative estimate of drug-likeness (QED) is 0.128. The summed E-state index contributed by atoms with van der Waals surface area (Å²) < 4.78 is 47.8. The molecule has 0 bridgehead atoms. The Kier molecular flexibility index (Phi) is 10.9. The lowest BCUT2D eigenvalue weighted by Gasteiger charge is -2.29. The van der Waals surface area contributed by atoms with Crippen molar-refractivity contribution in [2.24, 2.45) is 5.41 Å². The van der Waals surface area contributed by atoms with Crippen LogP contribution >= 0.6 is 11.8 Å². The Balaban J connectivity index is 1.39. The number of alkyl halides is 3. The van der Waals surface area contributed by atoms with Crippen molar-refractivity contribution >= 4 is 40.2 Å². The number of hydrogen-bond acceptors (Lipinski definition) is 5. The first-order valence-electron chi connectivity index (χ1n) is 18.2. The van der Waals surface area contributed by atoms with Gasteiger partial charge in [-0.05, 0) is 66.8 Å². The average molecular weight is 758 g/mol. The molecule has 1 aliphatic heterocycles. The lowest BCUT2D eigenvalue weighted by Crippen LogP contribution is -2.40. The first kappa shape index (κ1) is 38.9. The zero-order valence-electron chi connectivity index (χ0n) is 31.5. The average Bonchev–Trinajstić information content (AvgIpc) is 3.63. The molecule has 0 saturated carbocycles. The molecule has 0 saturated heterocycles. The van der Waals surface area contributed by atoms with Crippen LogP contribution in [-0.2, 0) is 35.2 Å². The van der Waals surface area contributed by atoms with E-state index in [0.29, 0.717) is 55.8 Å². The van der Waals surface area contributed by atoms with Gasteiger partial charge in [-0.15, -0.1) is 11.8 Å². The molecule has 5 aromatic rings. The molecule has 0 aliphatic carbocycles. The third-order valence-corrected chi connectivity index (χ3v) is 11.6. The summed E-state index contributed by atoms with van der Waals surface area (Å²) in [7, 11) is 0. The topological polar surface area (TPSA) is 84.7 Å². The highest BCUT2D eigenvalue weighted by Gasteiger charge is 2.38. The number of amides is 1. The van der Waals surface area contributed by atoms with Crippen LogP contribution in [-0.4, -0.2) is 43.9 Å². The predicted molar refractivity (Wildman–Crippen MR) is 208 cm³/mol. The van der Waals surface area contributed by atoms with E-state index in [1.54, 1.807) is 18.7 Å². The van der Waals surface area contributed by atoms with Gasteiger partial charge in [0.2, 0.25) is 5.91 Å². The summed E-state index contributed by atoms with van der Waals surface area (Å²) in [6, 6.07) is 23.7. The lowest BCUT2D eigenvalue weighted by atomic mass is 9.78. The van der Waals surface area contributed by atoms with Crippen LogP contribution in [0.3, 0.4) is 0 Å². The fourth-order valence-electron chi connectivity index (χ4n) is 7.33. The molecule has 1 aliphatic rings. The van der Waals surface area contributed by atoms with Gasteiger partial charge in [0.1, 0.15) is 12.4 Å². The van der Waals surface area contributed by atoms with E-state index in [9.17, 15) is 27.9 Å². The van der Waals surface area contributed by atoms with Crippen molar-refractivity contribution in [2.75, 3.05) is 11.5 Å². The van der Waals surface area contributed by atoms with E-state index in [-0.39, 0.29) is 16.7 Å². The smallest absolute Gasteiger partial charge is 0.417 e. The molecule has 284 valence electrons. The standard InChI is InChI=1S/C43H46F3N3O4S/c1-7-42(8-2,40(51)52)23-38-39(54-41(4,5)6)34-22-33(53-26-32-21-30-11-9-10-12-36(30)49(32)27(3)50)18-20-37(34)48(38)25-28-13-15-29(16-14-28)35-19-17-31(24-47-35)43(44,45)46/h9-20,22,24,32H,7-8,21,23,25-26H2,1-6H3,(H,51,52)/t32-/m0/s1. The molecule has 3 aromatic carbocycles. The largest absolute Gasteiger partial charge is 0.491 e. The van der Waals surface area contributed by atoms with Crippen LogP contribution < -0.4 is 9.64 Å². The molecule has 7 nitrogen and oxygen atoms in total. The number of nitrogens with zero attached hydrogens (tertiary/aromatic N) is 3. The summed E-state index contributed by atoms with van der Waals surface area (Å²) in [5.74, 6) is -0.210. The molecule has 54 heavy (non-hydrogen) atoms. The number of carboxylic acid groups (broad SMARTS) is 1. The Labute approximate surface area is 318 Å². The third-order valence-electron chi connectivity index (χ3n) is 10.3. The van der Waals surface area contributed by atoms with Crippen LogP contribution in [0, 0.1) is 5.41 Å². The SMILES string of the molecule is CCC(CC)(Cc1c(SC(C)(C)C)c2cc(OC[C@@H]3Cc4ccccc4N3C(C)=O)ccc2n1Cc1ccc(-c2ccc(C(F)(F)F)cn2)cc1)C(=O)O. The van der Waals surface area contributed by atoms with Gasteiger partial charge < -0.3 is 19.3 Å². The van der Waals surface area contributed by atoms with Crippen molar-refractivity contribution in [1.82, 2.24) is 9.55 Å². The Bertz CT molecular complexity index is 2150. The summed E-state index contributed by atoms with van der Waals surface area (Å²) in [6.45, 7) is 12.6. The van der Waals surface area contributed by atoms with Gasteiger partial charge in [-0.1, -0.05) is 77.1 Å². The highest BCUT2D eigenvalue weighted by Crippen LogP contribution is 2.46. The van der Waals surface area contributed by atoms with Crippen molar-refractivity contribution in [2.45, 2.75) is 95.6 Å². The molecular formula is C43H46F3N3O4S. The molecule has 1 atom stereocenters. The van der Waals surface area contributed by atoms with E-state index in [1.165, 1.54) is 6.07 Å². The van der Waals surface area contributed by atoms with Gasteiger partial charge in [0, 0.05) is 63.6 Å². The number of aromatic nitrogens is 2. The number of para-hydroxylation sites is 1. The van der Waals surface area contributed by atoms with Crippen LogP contribution in [0.15, 0.2) is 90.0 Å². The number of rotatable bonds is 12. The summed E-state index contributed by atoms with van der Waals surface area (Å²) >= 11 is 1.70. The van der Waals surface area contributed by atoms with Crippen molar-refractivity contribution in [3.63, 3.8) is 0 Å². The molecule has 11 heteroatoms. The van der Waals surface area contributed by atoms with Crippen molar-refractivity contribution in [3.8, 4) is 17.0 Å². The normalized spacial score (nSPS) is 14.8. The van der Waals surface area contributed by atoms with Crippen LogP contribution in [0.4, 0.5) is 18.9 Å². The van der Waals surface area contributed by atoms with E-state index in [4.69, 9.17) is 4.74 Å². The molecule has 1 N–H and O–H groups in total. The molecule has 1 amide bonds. The van der Waals surface area contributed by atoms with Gasteiger partial charge in [-0.25, -0.2) is 0 Å². The van der Waals surface area contributed by atoms with E-state index >= 15 is 0 Å². The number of carbonyl (C=O) groups is 2. The molecule has 0 unspecified atom stereocenters. The van der Waals surface area contributed by atoms with E-state index in [1.807, 2.05) is 85.5 Å². The maximum absolute atomic E-state index is 13.1. The van der Waals surface area contributed by atoms with Crippen molar-refractivity contribution in [1.29, 1.82) is 0 Å². The van der Waals surface area contributed by atoms with Crippen LogP contribution in [0.2, 0.25) is 0 Å². The Morgan fingerprint density at radius 2 is 1.67 bits per heavy atom. The second kappa shape index (κ2) is 15.2. The summed E-state index contributed by atoms with van der Waals surface area (Å²) in [5, 5.41) is 11.5. The Morgan fingerprint density at radius 1 is 0.963 bits per heavy atom. The van der Waals surface area contributed by atoms with Gasteiger partial charge >= 0.3 is 12.1 Å². The van der Waals surface area contributed by atoms with E-state index in [2.05, 4.69) is 30.3 Å². The van der Waals surface area contributed by atoms with Crippen LogP contribution in [0.5, 0.6) is 5.75 Å². The fraction of sp³-hybridized carbons (Fsp3) is 0.372. The van der Waals surface area contributed by atoms with Gasteiger partial charge in [-0.2, -0.15) is 13.2 Å². The number of halogens is 3. The second-order valence-electron chi connectivity index (χ2n) is 15.0. The Hall–Kier alpha value is -4.77. The minimum atomic E-state index is -4.46. The maximum atomic E-state index is 13.1. The number of thioether (sulfide) groups is 1. The third kappa shape index (κ3) is 8.01. The summed E-state index contributed by atoms with van der Waals surface area (Å²) in [6.07, 6.45) is -1.69. The van der Waals surface area contributed by atoms with Crippen molar-refractivity contribution < 1.29 is 32.6 Å². The lowest BCUT2D eigenvalue weighted by molar-refractivity contribution is -0.149. The maximum Gasteiger partial charge on any atom is 0.417 e. The van der Waals surface area contributed by atoms with Gasteiger partial charge in [0.05, 0.1) is 22.7 Å². The fourth-order valence-corrected chi connectivity index (χ4v) is 8.52. The Morgan fingerprint density at radius 3 is 2.26 bits per heavy atom.